The van der Waals surface area contributed by atoms with E-state index in [1.807, 2.05) is 13.8 Å². The maximum absolute atomic E-state index is 12.8. The second-order valence-electron chi connectivity index (χ2n) is 6.07. The van der Waals surface area contributed by atoms with E-state index in [2.05, 4.69) is 21.2 Å². The van der Waals surface area contributed by atoms with Crippen molar-refractivity contribution >= 4 is 45.0 Å². The van der Waals surface area contributed by atoms with Crippen molar-refractivity contribution in [1.29, 1.82) is 0 Å². The van der Waals surface area contributed by atoms with E-state index in [-0.39, 0.29) is 17.7 Å². The SMILES string of the molecule is CC(C)C1C(=O)NC(C)(C)C(=O)N1c1cc(Br)ccc1Cl. The third-order valence-electron chi connectivity index (χ3n) is 3.54. The lowest BCUT2D eigenvalue weighted by Crippen LogP contribution is -2.69. The van der Waals surface area contributed by atoms with E-state index in [4.69, 9.17) is 11.6 Å². The number of amides is 2. The predicted molar refractivity (Wildman–Crippen MR) is 87.5 cm³/mol. The molecule has 0 saturated carbocycles. The summed E-state index contributed by atoms with van der Waals surface area (Å²) in [5, 5.41) is 3.23. The first kappa shape index (κ1) is 16.3. The molecular formula is C15H18BrClN2O2. The molecule has 0 aromatic heterocycles. The molecule has 0 bridgehead atoms. The van der Waals surface area contributed by atoms with Crippen LogP contribution in [0.25, 0.3) is 0 Å². The molecule has 2 rings (SSSR count). The summed E-state index contributed by atoms with van der Waals surface area (Å²) in [4.78, 5) is 26.8. The molecule has 1 fully saturated rings. The Morgan fingerprint density at radius 2 is 1.95 bits per heavy atom. The molecule has 2 amide bonds. The molecule has 21 heavy (non-hydrogen) atoms. The standard InChI is InChI=1S/C15H18BrClN2O2/c1-8(2)12-13(20)18-15(3,4)14(21)19(12)11-7-9(16)5-6-10(11)17/h5-8,12H,1-4H3,(H,18,20). The van der Waals surface area contributed by atoms with Crippen LogP contribution in [0.1, 0.15) is 27.7 Å². The van der Waals surface area contributed by atoms with Gasteiger partial charge < -0.3 is 5.32 Å². The number of rotatable bonds is 2. The highest BCUT2D eigenvalue weighted by Gasteiger charge is 2.47. The van der Waals surface area contributed by atoms with Crippen LogP contribution in [0.2, 0.25) is 5.02 Å². The maximum atomic E-state index is 12.8. The monoisotopic (exact) mass is 372 g/mol. The highest BCUT2D eigenvalue weighted by Crippen LogP contribution is 2.35. The predicted octanol–water partition coefficient (Wildman–Crippen LogP) is 3.37. The lowest BCUT2D eigenvalue weighted by molar-refractivity contribution is -0.138. The van der Waals surface area contributed by atoms with E-state index in [0.717, 1.165) is 4.47 Å². The van der Waals surface area contributed by atoms with Crippen LogP contribution < -0.4 is 10.2 Å². The Labute approximate surface area is 138 Å². The number of anilines is 1. The largest absolute Gasteiger partial charge is 0.340 e. The Balaban J connectivity index is 2.61. The number of carbonyl (C=O) groups is 2. The average Bonchev–Trinajstić information content (AvgIpc) is 2.35. The van der Waals surface area contributed by atoms with Gasteiger partial charge in [-0.1, -0.05) is 41.4 Å². The van der Waals surface area contributed by atoms with Crippen molar-refractivity contribution < 1.29 is 9.59 Å². The van der Waals surface area contributed by atoms with Gasteiger partial charge in [0.15, 0.2) is 0 Å². The average molecular weight is 374 g/mol. The molecule has 6 heteroatoms. The first-order valence-electron chi connectivity index (χ1n) is 6.76. The topological polar surface area (TPSA) is 49.4 Å². The summed E-state index contributed by atoms with van der Waals surface area (Å²) in [6, 6.07) is 4.71. The van der Waals surface area contributed by atoms with Crippen molar-refractivity contribution in [2.45, 2.75) is 39.3 Å². The quantitative estimate of drug-likeness (QED) is 0.864. The number of hydrogen-bond donors (Lipinski definition) is 1. The van der Waals surface area contributed by atoms with Crippen LogP contribution in [0.15, 0.2) is 22.7 Å². The highest BCUT2D eigenvalue weighted by atomic mass is 79.9. The van der Waals surface area contributed by atoms with Crippen LogP contribution in [-0.4, -0.2) is 23.4 Å². The maximum Gasteiger partial charge on any atom is 0.252 e. The Kier molecular flexibility index (Phi) is 4.36. The summed E-state index contributed by atoms with van der Waals surface area (Å²) in [6.07, 6.45) is 0. The first-order chi connectivity index (χ1) is 9.65. The Bertz CT molecular complexity index is 601. The number of benzene rings is 1. The van der Waals surface area contributed by atoms with Crippen LogP contribution in [0.5, 0.6) is 0 Å². The second kappa shape index (κ2) is 5.61. The molecule has 1 N–H and O–H groups in total. The molecule has 114 valence electrons. The fourth-order valence-corrected chi connectivity index (χ4v) is 3.07. The number of carbonyl (C=O) groups excluding carboxylic acids is 2. The Morgan fingerprint density at radius 3 is 2.52 bits per heavy atom. The lowest BCUT2D eigenvalue weighted by Gasteiger charge is -2.44. The second-order valence-corrected chi connectivity index (χ2v) is 7.40. The molecule has 0 aliphatic carbocycles. The van der Waals surface area contributed by atoms with Crippen molar-refractivity contribution in [1.82, 2.24) is 5.32 Å². The number of piperazine rings is 1. The van der Waals surface area contributed by atoms with Crippen molar-refractivity contribution in [3.8, 4) is 0 Å². The molecule has 1 heterocycles. The van der Waals surface area contributed by atoms with E-state index < -0.39 is 11.6 Å². The minimum atomic E-state index is -0.950. The molecule has 1 saturated heterocycles. The van der Waals surface area contributed by atoms with Crippen LogP contribution in [0, 0.1) is 5.92 Å². The van der Waals surface area contributed by atoms with Crippen LogP contribution in [-0.2, 0) is 9.59 Å². The Morgan fingerprint density at radius 1 is 1.33 bits per heavy atom. The van der Waals surface area contributed by atoms with Gasteiger partial charge in [0, 0.05) is 4.47 Å². The summed E-state index contributed by atoms with van der Waals surface area (Å²) in [7, 11) is 0. The van der Waals surface area contributed by atoms with Gasteiger partial charge in [-0.15, -0.1) is 0 Å². The summed E-state index contributed by atoms with van der Waals surface area (Å²) in [6.45, 7) is 7.22. The minimum absolute atomic E-state index is 0.0277. The zero-order valence-electron chi connectivity index (χ0n) is 12.4. The molecule has 1 aliphatic rings. The summed E-state index contributed by atoms with van der Waals surface area (Å²) < 4.78 is 0.806. The third kappa shape index (κ3) is 2.94. The highest BCUT2D eigenvalue weighted by molar-refractivity contribution is 9.10. The number of nitrogens with one attached hydrogen (secondary N) is 1. The van der Waals surface area contributed by atoms with Gasteiger partial charge in [-0.3, -0.25) is 14.5 Å². The zero-order valence-corrected chi connectivity index (χ0v) is 14.7. The molecule has 1 aliphatic heterocycles. The van der Waals surface area contributed by atoms with Gasteiger partial charge in [0.1, 0.15) is 11.6 Å². The van der Waals surface area contributed by atoms with Gasteiger partial charge in [0.2, 0.25) is 5.91 Å². The molecule has 4 nitrogen and oxygen atoms in total. The molecule has 0 radical (unpaired) electrons. The Hall–Kier alpha value is -1.07. The summed E-state index contributed by atoms with van der Waals surface area (Å²) in [5.41, 5.74) is -0.397. The lowest BCUT2D eigenvalue weighted by atomic mass is 9.91. The smallest absolute Gasteiger partial charge is 0.252 e. The molecular weight excluding hydrogens is 356 g/mol. The normalized spacial score (nSPS) is 21.7. The molecule has 0 spiro atoms. The van der Waals surface area contributed by atoms with E-state index in [1.54, 1.807) is 32.0 Å². The van der Waals surface area contributed by atoms with Gasteiger partial charge in [-0.2, -0.15) is 0 Å². The zero-order chi connectivity index (χ0) is 15.9. The number of hydrogen-bond acceptors (Lipinski definition) is 2. The number of halogens is 2. The van der Waals surface area contributed by atoms with E-state index >= 15 is 0 Å². The van der Waals surface area contributed by atoms with Crippen LogP contribution >= 0.6 is 27.5 Å². The molecule has 1 aromatic rings. The van der Waals surface area contributed by atoms with Gasteiger partial charge in [0.25, 0.3) is 5.91 Å². The molecule has 1 aromatic carbocycles. The van der Waals surface area contributed by atoms with Gasteiger partial charge >= 0.3 is 0 Å². The van der Waals surface area contributed by atoms with Crippen LogP contribution in [0.4, 0.5) is 5.69 Å². The van der Waals surface area contributed by atoms with Gasteiger partial charge in [-0.05, 0) is 38.0 Å². The summed E-state index contributed by atoms with van der Waals surface area (Å²) >= 11 is 9.65. The van der Waals surface area contributed by atoms with E-state index in [9.17, 15) is 9.59 Å². The first-order valence-corrected chi connectivity index (χ1v) is 7.93. The third-order valence-corrected chi connectivity index (χ3v) is 4.35. The summed E-state index contributed by atoms with van der Waals surface area (Å²) in [5.74, 6) is -0.355. The van der Waals surface area contributed by atoms with Crippen LogP contribution in [0.3, 0.4) is 0 Å². The number of nitrogens with zero attached hydrogens (tertiary/aromatic N) is 1. The molecule has 1 unspecified atom stereocenters. The van der Waals surface area contributed by atoms with Crippen molar-refractivity contribution in [2.24, 2.45) is 5.92 Å². The van der Waals surface area contributed by atoms with Gasteiger partial charge in [0.05, 0.1) is 10.7 Å². The fourth-order valence-electron chi connectivity index (χ4n) is 2.51. The van der Waals surface area contributed by atoms with E-state index in [0.29, 0.717) is 10.7 Å². The van der Waals surface area contributed by atoms with E-state index in [1.165, 1.54) is 4.90 Å². The van der Waals surface area contributed by atoms with Crippen molar-refractivity contribution in [2.75, 3.05) is 4.90 Å². The van der Waals surface area contributed by atoms with Crippen molar-refractivity contribution in [3.63, 3.8) is 0 Å². The molecule has 1 atom stereocenters. The minimum Gasteiger partial charge on any atom is -0.340 e. The van der Waals surface area contributed by atoms with Crippen molar-refractivity contribution in [3.05, 3.63) is 27.7 Å². The fraction of sp³-hybridized carbons (Fsp3) is 0.467. The van der Waals surface area contributed by atoms with Gasteiger partial charge in [-0.25, -0.2) is 0 Å².